The van der Waals surface area contributed by atoms with Gasteiger partial charge in [-0.25, -0.2) is 4.98 Å². The van der Waals surface area contributed by atoms with Crippen LogP contribution in [0.25, 0.3) is 0 Å². The molecule has 0 aliphatic heterocycles. The van der Waals surface area contributed by atoms with E-state index in [1.807, 2.05) is 6.07 Å². The Kier molecular flexibility index (Phi) is 3.87. The summed E-state index contributed by atoms with van der Waals surface area (Å²) in [6.45, 7) is 0.0925. The van der Waals surface area contributed by atoms with E-state index in [0.29, 0.717) is 5.82 Å². The number of nitrogens with two attached hydrogens (primary N) is 1. The van der Waals surface area contributed by atoms with Crippen molar-refractivity contribution in [2.45, 2.75) is 6.61 Å². The number of carbonyl (C=O) groups excluding carboxylic acids is 1. The Labute approximate surface area is 82.3 Å². The standard InChI is InChI=1S/C9H13N3O2/c1-11-9-7(3-2-4-12-9)6-14-8(13)5-10/h2-4H,5-6,10H2,1H3,(H,11,12). The molecule has 1 heterocycles. The van der Waals surface area contributed by atoms with Crippen molar-refractivity contribution in [3.8, 4) is 0 Å². The van der Waals surface area contributed by atoms with Gasteiger partial charge in [-0.1, -0.05) is 6.07 Å². The second-order valence-corrected chi connectivity index (χ2v) is 2.63. The lowest BCUT2D eigenvalue weighted by atomic mass is 10.3. The summed E-state index contributed by atoms with van der Waals surface area (Å²) in [5.41, 5.74) is 5.93. The molecule has 0 radical (unpaired) electrons. The van der Waals surface area contributed by atoms with Crippen LogP contribution >= 0.6 is 0 Å². The van der Waals surface area contributed by atoms with Crippen LogP contribution in [0.4, 0.5) is 5.82 Å². The van der Waals surface area contributed by atoms with Crippen LogP contribution in [-0.4, -0.2) is 24.5 Å². The molecule has 0 saturated heterocycles. The van der Waals surface area contributed by atoms with Crippen LogP contribution < -0.4 is 11.1 Å². The quantitative estimate of drug-likeness (QED) is 0.667. The van der Waals surface area contributed by atoms with Crippen LogP contribution in [0.15, 0.2) is 18.3 Å². The van der Waals surface area contributed by atoms with Gasteiger partial charge < -0.3 is 15.8 Å². The second-order valence-electron chi connectivity index (χ2n) is 2.63. The third-order valence-electron chi connectivity index (χ3n) is 1.68. The van der Waals surface area contributed by atoms with Crippen LogP contribution in [0.5, 0.6) is 0 Å². The number of esters is 1. The number of rotatable bonds is 4. The van der Waals surface area contributed by atoms with E-state index in [9.17, 15) is 4.79 Å². The molecule has 1 aromatic heterocycles. The van der Waals surface area contributed by atoms with Crippen LogP contribution in [0.2, 0.25) is 0 Å². The predicted molar refractivity (Wildman–Crippen MR) is 52.6 cm³/mol. The molecule has 5 nitrogen and oxygen atoms in total. The fraction of sp³-hybridized carbons (Fsp3) is 0.333. The Hall–Kier alpha value is -1.62. The number of anilines is 1. The summed E-state index contributed by atoms with van der Waals surface area (Å²) in [7, 11) is 1.76. The van der Waals surface area contributed by atoms with E-state index in [-0.39, 0.29) is 13.2 Å². The number of pyridine rings is 1. The van der Waals surface area contributed by atoms with Crippen molar-refractivity contribution in [2.75, 3.05) is 18.9 Å². The first-order chi connectivity index (χ1) is 6.77. The van der Waals surface area contributed by atoms with E-state index in [1.165, 1.54) is 0 Å². The van der Waals surface area contributed by atoms with Crippen molar-refractivity contribution in [3.63, 3.8) is 0 Å². The van der Waals surface area contributed by atoms with Gasteiger partial charge in [-0.2, -0.15) is 0 Å². The number of aromatic nitrogens is 1. The summed E-state index contributed by atoms with van der Waals surface area (Å²) >= 11 is 0. The van der Waals surface area contributed by atoms with Crippen LogP contribution in [0.1, 0.15) is 5.56 Å². The van der Waals surface area contributed by atoms with Crippen LogP contribution in [0.3, 0.4) is 0 Å². The summed E-state index contributed by atoms with van der Waals surface area (Å²) < 4.78 is 4.88. The Morgan fingerprint density at radius 3 is 3.14 bits per heavy atom. The molecule has 3 N–H and O–H groups in total. The first-order valence-corrected chi connectivity index (χ1v) is 4.25. The molecule has 0 amide bonds. The molecule has 0 aliphatic rings. The Bertz CT molecular complexity index is 315. The smallest absolute Gasteiger partial charge is 0.320 e. The lowest BCUT2D eigenvalue weighted by Crippen LogP contribution is -2.16. The molecule has 76 valence electrons. The van der Waals surface area contributed by atoms with Gasteiger partial charge in [0.15, 0.2) is 0 Å². The van der Waals surface area contributed by atoms with Gasteiger partial charge in [0.25, 0.3) is 0 Å². The maximum absolute atomic E-state index is 10.8. The summed E-state index contributed by atoms with van der Waals surface area (Å²) in [4.78, 5) is 14.9. The molecule has 0 atom stereocenters. The van der Waals surface area contributed by atoms with Gasteiger partial charge >= 0.3 is 5.97 Å². The van der Waals surface area contributed by atoms with Crippen molar-refractivity contribution >= 4 is 11.8 Å². The van der Waals surface area contributed by atoms with E-state index < -0.39 is 5.97 Å². The highest BCUT2D eigenvalue weighted by atomic mass is 16.5. The summed E-state index contributed by atoms with van der Waals surface area (Å²) in [6, 6.07) is 3.62. The minimum Gasteiger partial charge on any atom is -0.460 e. The number of hydrogen-bond acceptors (Lipinski definition) is 5. The van der Waals surface area contributed by atoms with E-state index in [1.54, 1.807) is 19.3 Å². The molecule has 1 aromatic rings. The first-order valence-electron chi connectivity index (χ1n) is 4.25. The van der Waals surface area contributed by atoms with E-state index in [0.717, 1.165) is 5.56 Å². The molecule has 0 aliphatic carbocycles. The molecule has 0 saturated carbocycles. The number of ether oxygens (including phenoxy) is 1. The summed E-state index contributed by atoms with van der Waals surface area (Å²) in [5.74, 6) is 0.285. The van der Waals surface area contributed by atoms with Crippen molar-refractivity contribution in [1.29, 1.82) is 0 Å². The Morgan fingerprint density at radius 2 is 2.50 bits per heavy atom. The van der Waals surface area contributed by atoms with Gasteiger partial charge in [-0.15, -0.1) is 0 Å². The molecular formula is C9H13N3O2. The number of nitrogens with one attached hydrogen (secondary N) is 1. The molecule has 14 heavy (non-hydrogen) atoms. The molecule has 1 rings (SSSR count). The fourth-order valence-electron chi connectivity index (χ4n) is 0.997. The minimum atomic E-state index is -0.420. The molecule has 0 bridgehead atoms. The van der Waals surface area contributed by atoms with Gasteiger partial charge in [0.05, 0.1) is 6.54 Å². The average Bonchev–Trinajstić information content (AvgIpc) is 2.26. The van der Waals surface area contributed by atoms with Crippen LogP contribution in [0, 0.1) is 0 Å². The molecule has 5 heteroatoms. The van der Waals surface area contributed by atoms with E-state index in [4.69, 9.17) is 10.5 Å². The number of hydrogen-bond donors (Lipinski definition) is 2. The third-order valence-corrected chi connectivity index (χ3v) is 1.68. The zero-order valence-electron chi connectivity index (χ0n) is 7.99. The molecule has 0 spiro atoms. The predicted octanol–water partition coefficient (Wildman–Crippen LogP) is 0.125. The first kappa shape index (κ1) is 10.5. The topological polar surface area (TPSA) is 77.2 Å². The molecule has 0 aromatic carbocycles. The number of carbonyl (C=O) groups is 1. The maximum Gasteiger partial charge on any atom is 0.320 e. The monoisotopic (exact) mass is 195 g/mol. The highest BCUT2D eigenvalue weighted by molar-refractivity contribution is 5.71. The van der Waals surface area contributed by atoms with E-state index >= 15 is 0 Å². The normalized spacial score (nSPS) is 9.57. The third kappa shape index (κ3) is 2.70. The Morgan fingerprint density at radius 1 is 1.71 bits per heavy atom. The van der Waals surface area contributed by atoms with Crippen molar-refractivity contribution < 1.29 is 9.53 Å². The summed E-state index contributed by atoms with van der Waals surface area (Å²) in [5, 5.41) is 2.90. The lowest BCUT2D eigenvalue weighted by molar-refractivity contribution is -0.143. The van der Waals surface area contributed by atoms with Crippen molar-refractivity contribution in [2.24, 2.45) is 5.73 Å². The zero-order valence-corrected chi connectivity index (χ0v) is 7.99. The second kappa shape index (κ2) is 5.18. The SMILES string of the molecule is CNc1ncccc1COC(=O)CN. The highest BCUT2D eigenvalue weighted by Gasteiger charge is 2.04. The maximum atomic E-state index is 10.8. The lowest BCUT2D eigenvalue weighted by Gasteiger charge is -2.07. The highest BCUT2D eigenvalue weighted by Crippen LogP contribution is 2.11. The largest absolute Gasteiger partial charge is 0.460 e. The minimum absolute atomic E-state index is 0.102. The van der Waals surface area contributed by atoms with Crippen molar-refractivity contribution in [3.05, 3.63) is 23.9 Å². The van der Waals surface area contributed by atoms with Gasteiger partial charge in [0.1, 0.15) is 12.4 Å². The molecule has 0 unspecified atom stereocenters. The zero-order chi connectivity index (χ0) is 10.4. The fourth-order valence-corrected chi connectivity index (χ4v) is 0.997. The van der Waals surface area contributed by atoms with Gasteiger partial charge in [-0.3, -0.25) is 4.79 Å². The molecule has 0 fully saturated rings. The molecular weight excluding hydrogens is 182 g/mol. The van der Waals surface area contributed by atoms with Gasteiger partial charge in [0.2, 0.25) is 0 Å². The summed E-state index contributed by atoms with van der Waals surface area (Å²) in [6.07, 6.45) is 1.67. The van der Waals surface area contributed by atoms with Gasteiger partial charge in [0, 0.05) is 18.8 Å². The number of nitrogens with zero attached hydrogens (tertiary/aromatic N) is 1. The average molecular weight is 195 g/mol. The van der Waals surface area contributed by atoms with Crippen molar-refractivity contribution in [1.82, 2.24) is 4.98 Å². The van der Waals surface area contributed by atoms with Gasteiger partial charge in [-0.05, 0) is 6.07 Å². The Balaban J connectivity index is 2.61. The van der Waals surface area contributed by atoms with E-state index in [2.05, 4.69) is 10.3 Å². The van der Waals surface area contributed by atoms with Crippen LogP contribution in [-0.2, 0) is 16.1 Å².